The van der Waals surface area contributed by atoms with Crippen LogP contribution in [-0.2, 0) is 30.4 Å². The van der Waals surface area contributed by atoms with E-state index >= 15 is 0 Å². The fourth-order valence-corrected chi connectivity index (χ4v) is 3.45. The lowest BCUT2D eigenvalue weighted by atomic mass is 10.2. The van der Waals surface area contributed by atoms with Crippen molar-refractivity contribution in [1.82, 2.24) is 24.0 Å². The van der Waals surface area contributed by atoms with Gasteiger partial charge in [-0.25, -0.2) is 23.7 Å². The molecule has 0 saturated heterocycles. The van der Waals surface area contributed by atoms with E-state index in [4.69, 9.17) is 9.53 Å². The Morgan fingerprint density at radius 2 is 1.84 bits per heavy atom. The van der Waals surface area contributed by atoms with Crippen LogP contribution in [0.2, 0.25) is 0 Å². The molecule has 0 aliphatic carbocycles. The van der Waals surface area contributed by atoms with Crippen molar-refractivity contribution in [2.24, 2.45) is 5.73 Å². The van der Waals surface area contributed by atoms with Crippen molar-refractivity contribution in [2.45, 2.75) is 52.2 Å². The summed E-state index contributed by atoms with van der Waals surface area (Å²) in [4.78, 5) is 68.7. The van der Waals surface area contributed by atoms with Crippen LogP contribution in [0.25, 0.3) is 11.0 Å². The number of nitrogens with two attached hydrogens (primary N) is 1. The number of methoxy groups -OCH3 is 1. The number of imidazole rings is 1. The minimum absolute atomic E-state index is 0.0400. The minimum Gasteiger partial charge on any atom is -0.471 e. The Labute approximate surface area is 254 Å². The van der Waals surface area contributed by atoms with Crippen LogP contribution in [0.15, 0.2) is 47.7 Å². The molecule has 0 aliphatic heterocycles. The van der Waals surface area contributed by atoms with Crippen molar-refractivity contribution in [1.29, 1.82) is 0 Å². The number of allylic oxidation sites excluding steroid dienone is 1. The van der Waals surface area contributed by atoms with Crippen molar-refractivity contribution in [3.63, 3.8) is 0 Å². The van der Waals surface area contributed by atoms with Crippen molar-refractivity contribution >= 4 is 41.1 Å². The maximum Gasteiger partial charge on any atom is 0.420 e. The molecule has 0 spiro atoms. The number of unbranched alkanes of at least 4 members (excludes halogenated alkanes) is 1. The Morgan fingerprint density at radius 1 is 1.18 bits per heavy atom. The summed E-state index contributed by atoms with van der Waals surface area (Å²) in [5.74, 6) is -0.923. The van der Waals surface area contributed by atoms with Crippen molar-refractivity contribution in [2.75, 3.05) is 33.6 Å². The van der Waals surface area contributed by atoms with Crippen LogP contribution in [-0.4, -0.2) is 82.2 Å². The molecule has 0 aliphatic rings. The second-order valence-electron chi connectivity index (χ2n) is 10.1. The quantitative estimate of drug-likeness (QED) is 0.206. The molecule has 2 aromatic heterocycles. The van der Waals surface area contributed by atoms with E-state index in [2.05, 4.69) is 25.8 Å². The summed E-state index contributed by atoms with van der Waals surface area (Å²) >= 11 is 0. The van der Waals surface area contributed by atoms with Crippen LogP contribution in [0, 0.1) is 5.82 Å². The molecule has 2 heterocycles. The molecule has 3 N–H and O–H groups in total. The summed E-state index contributed by atoms with van der Waals surface area (Å²) in [5, 5.41) is 2.55. The van der Waals surface area contributed by atoms with Crippen LogP contribution >= 0.6 is 0 Å². The van der Waals surface area contributed by atoms with E-state index in [-0.39, 0.29) is 41.8 Å². The lowest BCUT2D eigenvalue weighted by Crippen LogP contribution is -2.30. The van der Waals surface area contributed by atoms with Gasteiger partial charge in [0, 0.05) is 26.6 Å². The SMILES string of the molecule is CN.CN(C)C(=O)/C=C/CCCC(=O)Nc1cncn(Cc2nc3cc(F)ccc3n2C(=O)OC(C)(C)C)c1=O.COC=O. The van der Waals surface area contributed by atoms with Crippen molar-refractivity contribution in [3.8, 4) is 0 Å². The molecule has 3 aromatic rings. The van der Waals surface area contributed by atoms with Gasteiger partial charge in [-0.2, -0.15) is 0 Å². The van der Waals surface area contributed by atoms with Crippen LogP contribution in [0.3, 0.4) is 0 Å². The van der Waals surface area contributed by atoms with E-state index in [0.29, 0.717) is 24.8 Å². The number of carbonyl (C=O) groups is 4. The maximum atomic E-state index is 13.8. The van der Waals surface area contributed by atoms with E-state index in [0.717, 1.165) is 0 Å². The molecule has 15 heteroatoms. The van der Waals surface area contributed by atoms with Gasteiger partial charge in [0.05, 0.1) is 37.2 Å². The largest absolute Gasteiger partial charge is 0.471 e. The number of nitrogens with zero attached hydrogens (tertiary/aromatic N) is 5. The van der Waals surface area contributed by atoms with Gasteiger partial charge >= 0.3 is 6.09 Å². The number of benzene rings is 1. The lowest BCUT2D eigenvalue weighted by molar-refractivity contribution is -0.126. The lowest BCUT2D eigenvalue weighted by Gasteiger charge is -2.20. The highest BCUT2D eigenvalue weighted by Gasteiger charge is 2.24. The first-order chi connectivity index (χ1) is 20.8. The van der Waals surface area contributed by atoms with Crippen LogP contribution in [0.1, 0.15) is 45.9 Å². The second-order valence-corrected chi connectivity index (χ2v) is 10.1. The number of nitrogens with one attached hydrogen (secondary N) is 1. The fourth-order valence-electron chi connectivity index (χ4n) is 3.45. The molecule has 0 bridgehead atoms. The molecule has 2 amide bonds. The van der Waals surface area contributed by atoms with Gasteiger partial charge in [-0.15, -0.1) is 0 Å². The summed E-state index contributed by atoms with van der Waals surface area (Å²) in [6, 6.07) is 3.80. The molecule has 1 aromatic carbocycles. The molecule has 240 valence electrons. The minimum atomic E-state index is -0.800. The van der Waals surface area contributed by atoms with E-state index in [1.54, 1.807) is 40.9 Å². The van der Waals surface area contributed by atoms with Crippen LogP contribution in [0.5, 0.6) is 0 Å². The van der Waals surface area contributed by atoms with Crippen LogP contribution in [0.4, 0.5) is 14.9 Å². The third-order valence-electron chi connectivity index (χ3n) is 5.32. The smallest absolute Gasteiger partial charge is 0.420 e. The predicted molar refractivity (Wildman–Crippen MR) is 162 cm³/mol. The highest BCUT2D eigenvalue weighted by atomic mass is 19.1. The first-order valence-electron chi connectivity index (χ1n) is 13.4. The van der Waals surface area contributed by atoms with E-state index < -0.39 is 23.1 Å². The zero-order valence-electron chi connectivity index (χ0n) is 26.0. The number of ether oxygens (including phenoxy) is 2. The summed E-state index contributed by atoms with van der Waals surface area (Å²) in [6.45, 7) is 5.33. The van der Waals surface area contributed by atoms with Crippen molar-refractivity contribution < 1.29 is 33.0 Å². The average Bonchev–Trinajstić information content (AvgIpc) is 3.32. The first kappa shape index (κ1) is 37.1. The number of amides is 2. The Balaban J connectivity index is 0.00000149. The Hall–Kier alpha value is -4.92. The molecule has 14 nitrogen and oxygen atoms in total. The first-order valence-corrected chi connectivity index (χ1v) is 13.4. The number of fused-ring (bicyclic) bond motifs is 1. The van der Waals surface area contributed by atoms with Crippen LogP contribution < -0.4 is 16.6 Å². The zero-order chi connectivity index (χ0) is 33.4. The molecule has 0 fully saturated rings. The van der Waals surface area contributed by atoms with Crippen molar-refractivity contribution in [3.05, 3.63) is 64.9 Å². The molecule has 44 heavy (non-hydrogen) atoms. The van der Waals surface area contributed by atoms with Gasteiger partial charge in [0.15, 0.2) is 0 Å². The Kier molecular flexibility index (Phi) is 15.1. The number of rotatable bonds is 9. The van der Waals surface area contributed by atoms with Gasteiger partial charge in [-0.05, 0) is 58.9 Å². The van der Waals surface area contributed by atoms with E-state index in [1.165, 1.54) is 65.0 Å². The number of aromatic nitrogens is 4. The highest BCUT2D eigenvalue weighted by Crippen LogP contribution is 2.20. The van der Waals surface area contributed by atoms with Gasteiger partial charge in [0.1, 0.15) is 22.9 Å². The normalized spacial score (nSPS) is 10.7. The number of anilines is 1. The summed E-state index contributed by atoms with van der Waals surface area (Å²) in [7, 11) is 6.11. The molecule has 0 radical (unpaired) electrons. The highest BCUT2D eigenvalue weighted by molar-refractivity contribution is 5.90. The van der Waals surface area contributed by atoms with E-state index in [1.807, 2.05) is 0 Å². The monoisotopic (exact) mass is 617 g/mol. The molecule has 3 rings (SSSR count). The summed E-state index contributed by atoms with van der Waals surface area (Å²) < 4.78 is 25.5. The molecule has 0 unspecified atom stereocenters. The van der Waals surface area contributed by atoms with Gasteiger partial charge in [-0.3, -0.25) is 23.7 Å². The number of hydrogen-bond acceptors (Lipinski definition) is 10. The number of likely N-dealkylation sites (N-methyl/N-ethyl adjacent to an activating group) is 1. The third-order valence-corrected chi connectivity index (χ3v) is 5.32. The van der Waals surface area contributed by atoms with Gasteiger partial charge < -0.3 is 25.4 Å². The standard InChI is InChI=1S/C26H31FN6O5.C2H4O2.CH5N/c1-26(2,3)38-25(37)33-20-12-11-17(27)13-18(20)29-21(33)15-32-16-28-14-19(24(32)36)30-22(34)9-7-6-8-10-23(35)31(4)5;1-4-2-3;1-2/h8,10-14,16H,6-7,9,15H2,1-5H3,(H,30,34);2H,1H3;2H2,1H3/b10-8+;;. The second kappa shape index (κ2) is 17.9. The summed E-state index contributed by atoms with van der Waals surface area (Å²) in [6.07, 6.45) is 6.02. The molecule has 0 saturated carbocycles. The topological polar surface area (TPSA) is 181 Å². The van der Waals surface area contributed by atoms with Gasteiger partial charge in [0.25, 0.3) is 12.0 Å². The third kappa shape index (κ3) is 11.8. The predicted octanol–water partition coefficient (Wildman–Crippen LogP) is 2.68. The molecule has 0 atom stereocenters. The number of hydrogen-bond donors (Lipinski definition) is 2. The summed E-state index contributed by atoms with van der Waals surface area (Å²) in [5.41, 5.74) is 3.64. The van der Waals surface area contributed by atoms with Gasteiger partial charge in [-0.1, -0.05) is 6.08 Å². The fraction of sp³-hybridized carbons (Fsp3) is 0.414. The average molecular weight is 618 g/mol. The zero-order valence-corrected chi connectivity index (χ0v) is 26.0. The van der Waals surface area contributed by atoms with E-state index in [9.17, 15) is 23.6 Å². The maximum absolute atomic E-state index is 13.8. The van der Waals surface area contributed by atoms with Gasteiger partial charge in [0.2, 0.25) is 11.8 Å². The number of halogens is 1. The molecular formula is C29H40FN7O7. The Morgan fingerprint density at radius 3 is 2.43 bits per heavy atom. The molecular weight excluding hydrogens is 577 g/mol. The number of carbonyl (C=O) groups excluding carboxylic acids is 4. The Bertz CT molecular complexity index is 1510.